The number of rotatable bonds is 2. The number of carbonyl (C=O) groups excluding carboxylic acids is 2. The van der Waals surface area contributed by atoms with Gasteiger partial charge in [-0.05, 0) is 36.4 Å². The second-order valence-corrected chi connectivity index (χ2v) is 4.37. The fourth-order valence-corrected chi connectivity index (χ4v) is 2.15. The first kappa shape index (κ1) is 11.5. The minimum Gasteiger partial charge on any atom is -0.456 e. The predicted octanol–water partition coefficient (Wildman–Crippen LogP) is 3.36. The topological polar surface area (TPSA) is 59.3 Å². The molecule has 0 aliphatic carbocycles. The van der Waals surface area contributed by atoms with Gasteiger partial charge in [-0.2, -0.15) is 0 Å². The third-order valence-corrected chi connectivity index (χ3v) is 2.95. The monoisotopic (exact) mass is 253 g/mol. The molecule has 0 aliphatic heterocycles. The molecule has 0 fully saturated rings. The molecule has 1 N–H and O–H groups in total. The number of benzene rings is 2. The van der Waals surface area contributed by atoms with Crippen molar-refractivity contribution in [2.75, 3.05) is 5.32 Å². The highest BCUT2D eigenvalue weighted by Crippen LogP contribution is 2.31. The molecule has 2 aromatic carbocycles. The highest BCUT2D eigenvalue weighted by atomic mass is 16.3. The van der Waals surface area contributed by atoms with Crippen LogP contribution < -0.4 is 5.32 Å². The Morgan fingerprint density at radius 2 is 1.79 bits per heavy atom. The van der Waals surface area contributed by atoms with E-state index in [1.807, 2.05) is 6.07 Å². The first-order valence-corrected chi connectivity index (χ1v) is 5.86. The van der Waals surface area contributed by atoms with Crippen LogP contribution in [0.15, 0.2) is 40.8 Å². The summed E-state index contributed by atoms with van der Waals surface area (Å²) in [6.45, 7) is 1.46. The maximum Gasteiger partial charge on any atom is 0.221 e. The number of aldehydes is 1. The molecule has 0 saturated heterocycles. The summed E-state index contributed by atoms with van der Waals surface area (Å²) >= 11 is 0. The van der Waals surface area contributed by atoms with E-state index in [0.29, 0.717) is 11.3 Å². The van der Waals surface area contributed by atoms with Crippen molar-refractivity contribution in [3.8, 4) is 0 Å². The zero-order valence-corrected chi connectivity index (χ0v) is 10.3. The van der Waals surface area contributed by atoms with Crippen LogP contribution in [-0.4, -0.2) is 12.2 Å². The van der Waals surface area contributed by atoms with Gasteiger partial charge < -0.3 is 9.73 Å². The summed E-state index contributed by atoms with van der Waals surface area (Å²) in [4.78, 5) is 21.9. The van der Waals surface area contributed by atoms with Gasteiger partial charge in [-0.3, -0.25) is 9.59 Å². The van der Waals surface area contributed by atoms with Gasteiger partial charge in [0.05, 0.1) is 0 Å². The summed E-state index contributed by atoms with van der Waals surface area (Å²) in [5.74, 6) is -0.124. The van der Waals surface area contributed by atoms with E-state index in [4.69, 9.17) is 4.42 Å². The van der Waals surface area contributed by atoms with Gasteiger partial charge in [0.1, 0.15) is 17.5 Å². The minimum absolute atomic E-state index is 0.124. The number of carbonyl (C=O) groups is 2. The molecule has 3 aromatic rings. The number of furan rings is 1. The van der Waals surface area contributed by atoms with Crippen LogP contribution in [0.25, 0.3) is 21.9 Å². The molecule has 4 heteroatoms. The molecule has 0 atom stereocenters. The third kappa shape index (κ3) is 1.97. The summed E-state index contributed by atoms with van der Waals surface area (Å²) < 4.78 is 5.68. The SMILES string of the molecule is CC(=O)Nc1ccc2oc3ccc(C=O)cc3c2c1. The summed E-state index contributed by atoms with van der Waals surface area (Å²) in [6.07, 6.45) is 0.802. The van der Waals surface area contributed by atoms with Gasteiger partial charge in [0.25, 0.3) is 0 Å². The summed E-state index contributed by atoms with van der Waals surface area (Å²) in [6, 6.07) is 10.7. The molecule has 0 radical (unpaired) electrons. The molecular formula is C15H11NO3. The number of amides is 1. The fourth-order valence-electron chi connectivity index (χ4n) is 2.15. The van der Waals surface area contributed by atoms with Crippen molar-refractivity contribution in [1.29, 1.82) is 0 Å². The first-order valence-electron chi connectivity index (χ1n) is 5.86. The third-order valence-electron chi connectivity index (χ3n) is 2.95. The Bertz CT molecular complexity index is 802. The van der Waals surface area contributed by atoms with Gasteiger partial charge in [-0.15, -0.1) is 0 Å². The molecule has 0 aliphatic rings. The van der Waals surface area contributed by atoms with E-state index >= 15 is 0 Å². The van der Waals surface area contributed by atoms with Gasteiger partial charge in [0.15, 0.2) is 0 Å². The first-order chi connectivity index (χ1) is 9.17. The van der Waals surface area contributed by atoms with E-state index in [9.17, 15) is 9.59 Å². The molecular weight excluding hydrogens is 242 g/mol. The van der Waals surface area contributed by atoms with Crippen molar-refractivity contribution in [1.82, 2.24) is 0 Å². The van der Waals surface area contributed by atoms with E-state index in [1.165, 1.54) is 6.92 Å². The van der Waals surface area contributed by atoms with Crippen LogP contribution in [0.5, 0.6) is 0 Å². The summed E-state index contributed by atoms with van der Waals surface area (Å²) in [7, 11) is 0. The number of anilines is 1. The Morgan fingerprint density at radius 1 is 1.11 bits per heavy atom. The number of hydrogen-bond donors (Lipinski definition) is 1. The Balaban J connectivity index is 2.26. The van der Waals surface area contributed by atoms with E-state index in [1.54, 1.807) is 30.3 Å². The lowest BCUT2D eigenvalue weighted by Crippen LogP contribution is -2.05. The highest BCUT2D eigenvalue weighted by molar-refractivity contribution is 6.08. The molecule has 1 heterocycles. The van der Waals surface area contributed by atoms with E-state index < -0.39 is 0 Å². The van der Waals surface area contributed by atoms with E-state index in [0.717, 1.165) is 28.2 Å². The largest absolute Gasteiger partial charge is 0.456 e. The second-order valence-electron chi connectivity index (χ2n) is 4.37. The average molecular weight is 253 g/mol. The average Bonchev–Trinajstić information content (AvgIpc) is 2.75. The van der Waals surface area contributed by atoms with Crippen molar-refractivity contribution in [2.45, 2.75) is 6.92 Å². The molecule has 1 aromatic heterocycles. The van der Waals surface area contributed by atoms with Crippen LogP contribution in [0.2, 0.25) is 0 Å². The normalized spacial score (nSPS) is 10.8. The highest BCUT2D eigenvalue weighted by Gasteiger charge is 2.08. The lowest BCUT2D eigenvalue weighted by molar-refractivity contribution is -0.114. The molecule has 3 rings (SSSR count). The van der Waals surface area contributed by atoms with Crippen molar-refractivity contribution in [3.63, 3.8) is 0 Å². The van der Waals surface area contributed by atoms with Crippen molar-refractivity contribution < 1.29 is 14.0 Å². The second kappa shape index (κ2) is 4.24. The van der Waals surface area contributed by atoms with Crippen LogP contribution in [0.3, 0.4) is 0 Å². The molecule has 0 bridgehead atoms. The zero-order chi connectivity index (χ0) is 13.4. The zero-order valence-electron chi connectivity index (χ0n) is 10.3. The Hall–Kier alpha value is -2.62. The van der Waals surface area contributed by atoms with Crippen LogP contribution in [0.4, 0.5) is 5.69 Å². The lowest BCUT2D eigenvalue weighted by atomic mass is 10.1. The van der Waals surface area contributed by atoms with Crippen LogP contribution >= 0.6 is 0 Å². The van der Waals surface area contributed by atoms with Crippen molar-refractivity contribution >= 4 is 39.8 Å². The number of hydrogen-bond acceptors (Lipinski definition) is 3. The van der Waals surface area contributed by atoms with E-state index in [-0.39, 0.29) is 5.91 Å². The molecule has 0 saturated carbocycles. The summed E-state index contributed by atoms with van der Waals surface area (Å²) in [5.41, 5.74) is 2.76. The maximum atomic E-state index is 11.1. The van der Waals surface area contributed by atoms with Crippen LogP contribution in [-0.2, 0) is 4.79 Å². The number of fused-ring (bicyclic) bond motifs is 3. The Kier molecular flexibility index (Phi) is 2.56. The van der Waals surface area contributed by atoms with Crippen LogP contribution in [0.1, 0.15) is 17.3 Å². The maximum absolute atomic E-state index is 11.1. The van der Waals surface area contributed by atoms with Crippen LogP contribution in [0, 0.1) is 0 Å². The van der Waals surface area contributed by atoms with E-state index in [2.05, 4.69) is 5.32 Å². The quantitative estimate of drug-likeness (QED) is 0.712. The molecule has 0 spiro atoms. The standard InChI is InChI=1S/C15H11NO3/c1-9(18)16-11-3-5-15-13(7-11)12-6-10(8-17)2-4-14(12)19-15/h2-8H,1H3,(H,16,18). The minimum atomic E-state index is -0.124. The fraction of sp³-hybridized carbons (Fsp3) is 0.0667. The van der Waals surface area contributed by atoms with Gasteiger partial charge in [-0.1, -0.05) is 0 Å². The molecule has 19 heavy (non-hydrogen) atoms. The van der Waals surface area contributed by atoms with Crippen molar-refractivity contribution in [3.05, 3.63) is 42.0 Å². The van der Waals surface area contributed by atoms with Gasteiger partial charge in [-0.25, -0.2) is 0 Å². The Morgan fingerprint density at radius 3 is 2.47 bits per heavy atom. The molecule has 0 unspecified atom stereocenters. The lowest BCUT2D eigenvalue weighted by Gasteiger charge is -2.00. The molecule has 94 valence electrons. The van der Waals surface area contributed by atoms with Gasteiger partial charge >= 0.3 is 0 Å². The molecule has 4 nitrogen and oxygen atoms in total. The number of nitrogens with one attached hydrogen (secondary N) is 1. The smallest absolute Gasteiger partial charge is 0.221 e. The van der Waals surface area contributed by atoms with Gasteiger partial charge in [0, 0.05) is 28.9 Å². The van der Waals surface area contributed by atoms with Crippen molar-refractivity contribution in [2.24, 2.45) is 0 Å². The van der Waals surface area contributed by atoms with Gasteiger partial charge in [0.2, 0.25) is 5.91 Å². The predicted molar refractivity (Wildman–Crippen MR) is 73.4 cm³/mol. The Labute approximate surface area is 109 Å². The molecule has 1 amide bonds. The summed E-state index contributed by atoms with van der Waals surface area (Å²) in [5, 5.41) is 4.48.